The Bertz CT molecular complexity index is 222. The molecular weight excluding hydrogens is 191 g/mol. The molecular formula is C10H18Cl2. The van der Waals surface area contributed by atoms with Crippen molar-refractivity contribution in [1.82, 2.24) is 0 Å². The first-order valence-electron chi connectivity index (χ1n) is 3.83. The molecule has 0 aromatic carbocycles. The Labute approximate surface area is 87.9 Å². The molecule has 0 atom stereocenters. The lowest BCUT2D eigenvalue weighted by Crippen LogP contribution is -2.05. The van der Waals surface area contributed by atoms with Crippen molar-refractivity contribution in [1.29, 1.82) is 0 Å². The molecule has 0 N–H and O–H groups in total. The Morgan fingerprint density at radius 1 is 1.00 bits per heavy atom. The van der Waals surface area contributed by atoms with Gasteiger partial charge in [-0.1, -0.05) is 31.1 Å². The highest BCUT2D eigenvalue weighted by Crippen LogP contribution is 2.39. The first-order valence-corrected chi connectivity index (χ1v) is 3.83. The molecule has 0 saturated carbocycles. The van der Waals surface area contributed by atoms with E-state index in [1.54, 1.807) is 0 Å². The van der Waals surface area contributed by atoms with E-state index in [1.165, 1.54) is 16.7 Å². The maximum Gasteiger partial charge on any atom is 0.00430 e. The maximum absolute atomic E-state index is 2.34. The molecule has 0 unspecified atom stereocenters. The number of halogens is 2. The Balaban J connectivity index is 0. The molecule has 0 saturated heterocycles. The van der Waals surface area contributed by atoms with Crippen LogP contribution in [0.15, 0.2) is 22.8 Å². The van der Waals surface area contributed by atoms with E-state index in [0.717, 1.165) is 0 Å². The summed E-state index contributed by atoms with van der Waals surface area (Å²) in [5.74, 6) is 0. The maximum atomic E-state index is 2.34. The highest BCUT2D eigenvalue weighted by atomic mass is 35.5. The SMILES string of the molecule is CC1=CC(C)(C)C(C)=C1C.Cl.Cl. The van der Waals surface area contributed by atoms with Crippen molar-refractivity contribution < 1.29 is 0 Å². The van der Waals surface area contributed by atoms with Crippen LogP contribution in [0, 0.1) is 5.41 Å². The summed E-state index contributed by atoms with van der Waals surface area (Å²) in [4.78, 5) is 0. The van der Waals surface area contributed by atoms with Crippen molar-refractivity contribution in [2.24, 2.45) is 5.41 Å². The second kappa shape index (κ2) is 4.34. The Hall–Kier alpha value is 0.0600. The minimum absolute atomic E-state index is 0. The Morgan fingerprint density at radius 2 is 1.42 bits per heavy atom. The summed E-state index contributed by atoms with van der Waals surface area (Å²) >= 11 is 0. The van der Waals surface area contributed by atoms with Crippen molar-refractivity contribution in [3.63, 3.8) is 0 Å². The van der Waals surface area contributed by atoms with E-state index in [0.29, 0.717) is 5.41 Å². The van der Waals surface area contributed by atoms with Gasteiger partial charge in [0.1, 0.15) is 0 Å². The van der Waals surface area contributed by atoms with E-state index in [2.05, 4.69) is 40.7 Å². The standard InChI is InChI=1S/C10H16.2ClH/c1-7-6-10(4,5)9(3)8(7)2;;/h6H,1-5H3;2*1H. The van der Waals surface area contributed by atoms with Crippen LogP contribution in [-0.2, 0) is 0 Å². The summed E-state index contributed by atoms with van der Waals surface area (Å²) in [6.07, 6.45) is 2.34. The zero-order chi connectivity index (χ0) is 7.94. The second-order valence-electron chi connectivity index (χ2n) is 3.80. The molecule has 1 rings (SSSR count). The van der Waals surface area contributed by atoms with Crippen LogP contribution in [0.1, 0.15) is 34.6 Å². The topological polar surface area (TPSA) is 0 Å². The van der Waals surface area contributed by atoms with Gasteiger partial charge in [-0.2, -0.15) is 0 Å². The Morgan fingerprint density at radius 3 is 1.50 bits per heavy atom. The molecule has 0 aromatic rings. The first kappa shape index (κ1) is 14.6. The lowest BCUT2D eigenvalue weighted by atomic mass is 9.88. The molecule has 12 heavy (non-hydrogen) atoms. The lowest BCUT2D eigenvalue weighted by molar-refractivity contribution is 0.587. The summed E-state index contributed by atoms with van der Waals surface area (Å²) in [5.41, 5.74) is 4.76. The fraction of sp³-hybridized carbons (Fsp3) is 0.600. The third kappa shape index (κ3) is 2.27. The van der Waals surface area contributed by atoms with Crippen LogP contribution in [0.5, 0.6) is 0 Å². The van der Waals surface area contributed by atoms with E-state index in [9.17, 15) is 0 Å². The molecule has 0 bridgehead atoms. The van der Waals surface area contributed by atoms with Crippen molar-refractivity contribution in [2.45, 2.75) is 34.6 Å². The number of hydrogen-bond acceptors (Lipinski definition) is 0. The number of allylic oxidation sites excluding steroid dienone is 4. The van der Waals surface area contributed by atoms with Gasteiger partial charge in [0.15, 0.2) is 0 Å². The molecule has 72 valence electrons. The van der Waals surface area contributed by atoms with Gasteiger partial charge >= 0.3 is 0 Å². The van der Waals surface area contributed by atoms with Gasteiger partial charge < -0.3 is 0 Å². The largest absolute Gasteiger partial charge is 0.147 e. The molecule has 0 nitrogen and oxygen atoms in total. The van der Waals surface area contributed by atoms with Gasteiger partial charge in [-0.3, -0.25) is 0 Å². The van der Waals surface area contributed by atoms with Crippen LogP contribution in [0.3, 0.4) is 0 Å². The van der Waals surface area contributed by atoms with E-state index in [4.69, 9.17) is 0 Å². The highest BCUT2D eigenvalue weighted by Gasteiger charge is 2.24. The second-order valence-corrected chi connectivity index (χ2v) is 3.80. The zero-order valence-electron chi connectivity index (χ0n) is 8.39. The van der Waals surface area contributed by atoms with Crippen molar-refractivity contribution in [3.8, 4) is 0 Å². The minimum atomic E-state index is 0. The van der Waals surface area contributed by atoms with Gasteiger partial charge in [0, 0.05) is 5.41 Å². The number of hydrogen-bond donors (Lipinski definition) is 0. The first-order chi connectivity index (χ1) is 4.45. The average molecular weight is 209 g/mol. The van der Waals surface area contributed by atoms with Gasteiger partial charge in [-0.25, -0.2) is 0 Å². The molecule has 0 fully saturated rings. The molecule has 0 aromatic heterocycles. The predicted molar refractivity (Wildman–Crippen MR) is 60.4 cm³/mol. The molecule has 1 aliphatic rings. The van der Waals surface area contributed by atoms with Crippen LogP contribution >= 0.6 is 24.8 Å². The van der Waals surface area contributed by atoms with E-state index in [-0.39, 0.29) is 24.8 Å². The lowest BCUT2D eigenvalue weighted by Gasteiger charge is -2.17. The van der Waals surface area contributed by atoms with Gasteiger partial charge in [-0.05, 0) is 26.3 Å². The quantitative estimate of drug-likeness (QED) is 0.562. The van der Waals surface area contributed by atoms with E-state index < -0.39 is 0 Å². The fourth-order valence-corrected chi connectivity index (χ4v) is 1.54. The third-order valence-corrected chi connectivity index (χ3v) is 2.70. The predicted octanol–water partition coefficient (Wildman–Crippen LogP) is 4.15. The zero-order valence-corrected chi connectivity index (χ0v) is 10.0. The van der Waals surface area contributed by atoms with E-state index in [1.807, 2.05) is 0 Å². The van der Waals surface area contributed by atoms with Gasteiger partial charge in [0.2, 0.25) is 0 Å². The molecule has 2 heteroatoms. The van der Waals surface area contributed by atoms with Gasteiger partial charge in [-0.15, -0.1) is 24.8 Å². The highest BCUT2D eigenvalue weighted by molar-refractivity contribution is 5.85. The van der Waals surface area contributed by atoms with Crippen LogP contribution in [-0.4, -0.2) is 0 Å². The van der Waals surface area contributed by atoms with Crippen LogP contribution in [0.4, 0.5) is 0 Å². The normalized spacial score (nSPS) is 19.6. The molecule has 0 spiro atoms. The average Bonchev–Trinajstić information content (AvgIpc) is 1.95. The minimum Gasteiger partial charge on any atom is -0.147 e. The summed E-state index contributed by atoms with van der Waals surface area (Å²) in [7, 11) is 0. The van der Waals surface area contributed by atoms with Crippen LogP contribution in [0.25, 0.3) is 0 Å². The van der Waals surface area contributed by atoms with E-state index >= 15 is 0 Å². The molecule has 0 amide bonds. The monoisotopic (exact) mass is 208 g/mol. The summed E-state index contributed by atoms with van der Waals surface area (Å²) in [6.45, 7) is 11.1. The van der Waals surface area contributed by atoms with Gasteiger partial charge in [0.05, 0.1) is 0 Å². The molecule has 0 heterocycles. The Kier molecular flexibility index (Phi) is 5.27. The molecule has 0 radical (unpaired) electrons. The smallest absolute Gasteiger partial charge is 0.00430 e. The third-order valence-electron chi connectivity index (χ3n) is 2.70. The van der Waals surface area contributed by atoms with Crippen LogP contribution in [0.2, 0.25) is 0 Å². The summed E-state index contributed by atoms with van der Waals surface area (Å²) in [6, 6.07) is 0. The number of rotatable bonds is 0. The van der Waals surface area contributed by atoms with Crippen molar-refractivity contribution in [3.05, 3.63) is 22.8 Å². The summed E-state index contributed by atoms with van der Waals surface area (Å²) in [5, 5.41) is 0. The van der Waals surface area contributed by atoms with Crippen LogP contribution < -0.4 is 0 Å². The molecule has 0 aliphatic heterocycles. The molecule has 1 aliphatic carbocycles. The van der Waals surface area contributed by atoms with Crippen molar-refractivity contribution in [2.75, 3.05) is 0 Å². The van der Waals surface area contributed by atoms with Gasteiger partial charge in [0.25, 0.3) is 0 Å². The van der Waals surface area contributed by atoms with Crippen molar-refractivity contribution >= 4 is 24.8 Å². The fourth-order valence-electron chi connectivity index (χ4n) is 1.54. The summed E-state index contributed by atoms with van der Waals surface area (Å²) < 4.78 is 0.